The number of non-ortho nitro benzene ring substituents is 1. The monoisotopic (exact) mass is 450 g/mol. The molecule has 0 spiro atoms. The van der Waals surface area contributed by atoms with Crippen LogP contribution in [-0.2, 0) is 20.7 Å². The van der Waals surface area contributed by atoms with Gasteiger partial charge in [-0.25, -0.2) is 0 Å². The Morgan fingerprint density at radius 3 is 2.36 bits per heavy atom. The Bertz CT molecular complexity index is 1050. The third kappa shape index (κ3) is 5.52. The number of carbonyl (C=O) groups excluding carboxylic acids is 2. The number of nitro groups is 1. The van der Waals surface area contributed by atoms with E-state index in [1.807, 2.05) is 24.3 Å². The molecule has 1 aliphatic heterocycles. The summed E-state index contributed by atoms with van der Waals surface area (Å²) in [6.07, 6.45) is 5.57. The van der Waals surface area contributed by atoms with Crippen LogP contribution in [0.4, 0.5) is 5.69 Å². The molecular formula is C25H26N2O6. The molecule has 0 aromatic heterocycles. The van der Waals surface area contributed by atoms with Crippen LogP contribution in [-0.4, -0.2) is 42.1 Å². The summed E-state index contributed by atoms with van der Waals surface area (Å²) in [6.45, 7) is 1.92. The van der Waals surface area contributed by atoms with E-state index in [1.165, 1.54) is 12.1 Å². The number of rotatable bonds is 11. The van der Waals surface area contributed by atoms with Crippen LogP contribution in [0.3, 0.4) is 0 Å². The molecule has 0 radical (unpaired) electrons. The molecule has 1 aliphatic rings. The number of allylic oxidation sites excluding steroid dienone is 1. The van der Waals surface area contributed by atoms with Crippen LogP contribution in [0.2, 0.25) is 0 Å². The lowest BCUT2D eigenvalue weighted by molar-refractivity contribution is -0.384. The number of aryl methyl sites for hydroxylation is 1. The summed E-state index contributed by atoms with van der Waals surface area (Å²) < 4.78 is 10.3. The molecule has 3 rings (SSSR count). The smallest absolute Gasteiger partial charge is 0.306 e. The van der Waals surface area contributed by atoms with Crippen LogP contribution >= 0.6 is 0 Å². The van der Waals surface area contributed by atoms with Gasteiger partial charge in [-0.05, 0) is 48.8 Å². The SMILES string of the molecule is CCOC(=O)CC(c1ccc([N+](=O)[O-])cc1)C1(C(=O)CCc2ccc(OC)cc2)C=CC=N1. The van der Waals surface area contributed by atoms with E-state index in [1.54, 1.807) is 44.5 Å². The highest BCUT2D eigenvalue weighted by molar-refractivity contribution is 5.97. The van der Waals surface area contributed by atoms with Crippen molar-refractivity contribution in [2.75, 3.05) is 13.7 Å². The number of ketones is 1. The van der Waals surface area contributed by atoms with Crippen molar-refractivity contribution in [3.8, 4) is 5.75 Å². The molecule has 33 heavy (non-hydrogen) atoms. The number of nitro benzene ring substituents is 1. The van der Waals surface area contributed by atoms with Gasteiger partial charge < -0.3 is 9.47 Å². The number of esters is 1. The van der Waals surface area contributed by atoms with Crippen molar-refractivity contribution in [1.82, 2.24) is 0 Å². The van der Waals surface area contributed by atoms with Gasteiger partial charge in [0.1, 0.15) is 11.3 Å². The van der Waals surface area contributed by atoms with E-state index in [9.17, 15) is 19.7 Å². The van der Waals surface area contributed by atoms with Crippen LogP contribution < -0.4 is 4.74 Å². The molecule has 0 aliphatic carbocycles. The van der Waals surface area contributed by atoms with Crippen molar-refractivity contribution in [2.45, 2.75) is 37.6 Å². The number of hydrogen-bond acceptors (Lipinski definition) is 7. The molecule has 0 saturated carbocycles. The molecule has 2 unspecified atom stereocenters. The summed E-state index contributed by atoms with van der Waals surface area (Å²) in [5.41, 5.74) is 0.228. The minimum Gasteiger partial charge on any atom is -0.497 e. The van der Waals surface area contributed by atoms with Gasteiger partial charge in [0.25, 0.3) is 5.69 Å². The van der Waals surface area contributed by atoms with Gasteiger partial charge >= 0.3 is 5.97 Å². The van der Waals surface area contributed by atoms with Crippen molar-refractivity contribution in [1.29, 1.82) is 0 Å². The number of aliphatic imine (C=N–C) groups is 1. The molecule has 8 nitrogen and oxygen atoms in total. The molecule has 0 N–H and O–H groups in total. The summed E-state index contributed by atoms with van der Waals surface area (Å²) in [7, 11) is 1.59. The van der Waals surface area contributed by atoms with Gasteiger partial charge in [0.2, 0.25) is 0 Å². The van der Waals surface area contributed by atoms with E-state index in [2.05, 4.69) is 4.99 Å². The fourth-order valence-electron chi connectivity index (χ4n) is 3.96. The van der Waals surface area contributed by atoms with Crippen LogP contribution in [0.15, 0.2) is 65.7 Å². The number of Topliss-reactive ketones (excluding diaryl/α,β-unsaturated/α-hetero) is 1. The fraction of sp³-hybridized carbons (Fsp3) is 0.320. The van der Waals surface area contributed by atoms with Gasteiger partial charge in [-0.15, -0.1) is 0 Å². The summed E-state index contributed by atoms with van der Waals surface area (Å²) in [4.78, 5) is 41.1. The van der Waals surface area contributed by atoms with Gasteiger partial charge in [-0.1, -0.05) is 24.3 Å². The molecule has 0 saturated heterocycles. The fourth-order valence-corrected chi connectivity index (χ4v) is 3.96. The predicted molar refractivity (Wildman–Crippen MR) is 124 cm³/mol. The normalized spacial score (nSPS) is 17.5. The minimum absolute atomic E-state index is 0.0704. The molecule has 2 aromatic rings. The second kappa shape index (κ2) is 10.7. The standard InChI is InChI=1S/C25H26N2O6/c1-3-33-24(29)17-22(19-8-10-20(11-9-19)27(30)31)25(15-4-16-26-25)23(28)14-7-18-5-12-21(32-2)13-6-18/h4-6,8-13,15-16,22H,3,7,14,17H2,1-2H3. The van der Waals surface area contributed by atoms with E-state index < -0.39 is 22.3 Å². The number of methoxy groups -OCH3 is 1. The van der Waals surface area contributed by atoms with E-state index >= 15 is 0 Å². The Kier molecular flexibility index (Phi) is 7.71. The average Bonchev–Trinajstić information content (AvgIpc) is 3.32. The Hall–Kier alpha value is -3.81. The quantitative estimate of drug-likeness (QED) is 0.288. The Morgan fingerprint density at radius 1 is 1.12 bits per heavy atom. The van der Waals surface area contributed by atoms with Crippen molar-refractivity contribution >= 4 is 23.7 Å². The molecule has 0 amide bonds. The summed E-state index contributed by atoms with van der Waals surface area (Å²) in [5, 5.41) is 11.1. The summed E-state index contributed by atoms with van der Waals surface area (Å²) in [5.74, 6) is -0.525. The Morgan fingerprint density at radius 2 is 1.82 bits per heavy atom. The zero-order valence-corrected chi connectivity index (χ0v) is 18.6. The molecule has 172 valence electrons. The minimum atomic E-state index is -1.28. The third-order valence-corrected chi connectivity index (χ3v) is 5.68. The number of hydrogen-bond donors (Lipinski definition) is 0. The maximum Gasteiger partial charge on any atom is 0.306 e. The maximum atomic E-state index is 13.5. The zero-order chi connectivity index (χ0) is 23.8. The second-order valence-electron chi connectivity index (χ2n) is 7.64. The number of nitrogens with zero attached hydrogens (tertiary/aromatic N) is 2. The van der Waals surface area contributed by atoms with E-state index in [4.69, 9.17) is 9.47 Å². The highest BCUT2D eigenvalue weighted by Gasteiger charge is 2.45. The zero-order valence-electron chi connectivity index (χ0n) is 18.6. The first kappa shape index (κ1) is 23.8. The first-order valence-corrected chi connectivity index (χ1v) is 10.7. The first-order valence-electron chi connectivity index (χ1n) is 10.7. The van der Waals surface area contributed by atoms with Crippen molar-refractivity contribution in [2.24, 2.45) is 4.99 Å². The van der Waals surface area contributed by atoms with Crippen LogP contribution in [0.5, 0.6) is 5.75 Å². The van der Waals surface area contributed by atoms with Crippen molar-refractivity contribution in [3.05, 3.63) is 81.9 Å². The number of benzene rings is 2. The highest BCUT2D eigenvalue weighted by atomic mass is 16.6. The average molecular weight is 450 g/mol. The van der Waals surface area contributed by atoms with Gasteiger partial charge in [-0.2, -0.15) is 0 Å². The van der Waals surface area contributed by atoms with Gasteiger partial charge in [0.15, 0.2) is 5.78 Å². The van der Waals surface area contributed by atoms with Gasteiger partial charge in [0, 0.05) is 30.7 Å². The molecule has 0 fully saturated rings. The highest BCUT2D eigenvalue weighted by Crippen LogP contribution is 2.40. The lowest BCUT2D eigenvalue weighted by Crippen LogP contribution is -2.41. The maximum absolute atomic E-state index is 13.5. The largest absolute Gasteiger partial charge is 0.497 e. The van der Waals surface area contributed by atoms with Gasteiger partial charge in [-0.3, -0.25) is 24.7 Å². The van der Waals surface area contributed by atoms with E-state index in [0.29, 0.717) is 12.0 Å². The molecule has 8 heteroatoms. The predicted octanol–water partition coefficient (Wildman–Crippen LogP) is 4.22. The number of carbonyl (C=O) groups is 2. The van der Waals surface area contributed by atoms with E-state index in [0.717, 1.165) is 11.3 Å². The second-order valence-corrected chi connectivity index (χ2v) is 7.64. The van der Waals surface area contributed by atoms with Crippen molar-refractivity contribution < 1.29 is 24.0 Å². The van der Waals surface area contributed by atoms with E-state index in [-0.39, 0.29) is 30.9 Å². The lowest BCUT2D eigenvalue weighted by atomic mass is 9.74. The Balaban J connectivity index is 1.90. The first-order chi connectivity index (χ1) is 15.9. The van der Waals surface area contributed by atoms with Crippen molar-refractivity contribution in [3.63, 3.8) is 0 Å². The number of ether oxygens (including phenoxy) is 2. The molecule has 1 heterocycles. The molecule has 2 atom stereocenters. The molecule has 0 bridgehead atoms. The van der Waals surface area contributed by atoms with Crippen LogP contribution in [0, 0.1) is 10.1 Å². The lowest BCUT2D eigenvalue weighted by Gasteiger charge is -2.32. The Labute approximate surface area is 192 Å². The van der Waals surface area contributed by atoms with Crippen LogP contribution in [0.25, 0.3) is 0 Å². The summed E-state index contributed by atoms with van der Waals surface area (Å²) in [6, 6.07) is 13.4. The molecule has 2 aromatic carbocycles. The summed E-state index contributed by atoms with van der Waals surface area (Å²) >= 11 is 0. The third-order valence-electron chi connectivity index (χ3n) is 5.68. The van der Waals surface area contributed by atoms with Crippen LogP contribution in [0.1, 0.15) is 36.8 Å². The van der Waals surface area contributed by atoms with Gasteiger partial charge in [0.05, 0.1) is 25.1 Å². The molecular weight excluding hydrogens is 424 g/mol. The topological polar surface area (TPSA) is 108 Å².